The van der Waals surface area contributed by atoms with E-state index < -0.39 is 17.5 Å². The minimum absolute atomic E-state index is 0.360. The molecule has 7 heteroatoms. The predicted molar refractivity (Wildman–Crippen MR) is 80.8 cm³/mol. The average Bonchev–Trinajstić information content (AvgIpc) is 2.32. The predicted octanol–water partition coefficient (Wildman–Crippen LogP) is 3.36. The molecule has 114 valence electrons. The highest BCUT2D eigenvalue weighted by Gasteiger charge is 2.45. The fourth-order valence-electron chi connectivity index (χ4n) is 2.30. The van der Waals surface area contributed by atoms with Crippen molar-refractivity contribution in [3.05, 3.63) is 33.8 Å². The number of amides is 2. The molecule has 0 aromatic heterocycles. The van der Waals surface area contributed by atoms with Gasteiger partial charge in [-0.1, -0.05) is 29.3 Å². The van der Waals surface area contributed by atoms with E-state index in [0.717, 1.165) is 6.42 Å². The van der Waals surface area contributed by atoms with Gasteiger partial charge in [0.25, 0.3) is 0 Å². The van der Waals surface area contributed by atoms with Gasteiger partial charge in [-0.05, 0) is 43.9 Å². The number of aliphatic carboxylic acids is 1. The topological polar surface area (TPSA) is 78.4 Å². The van der Waals surface area contributed by atoms with E-state index in [1.165, 1.54) is 0 Å². The molecule has 5 nitrogen and oxygen atoms in total. The van der Waals surface area contributed by atoms with Crippen LogP contribution in [-0.2, 0) is 4.79 Å². The standard InChI is InChI=1S/C14H16Cl2N2O3/c1-8(10-4-3-9(15)7-11(10)16)17-13(21)18-14(12(19)20)5-2-6-14/h3-4,7-8H,2,5-6H2,1H3,(H,19,20)(H2,17,18,21). The van der Waals surface area contributed by atoms with Crippen LogP contribution in [-0.4, -0.2) is 22.6 Å². The fourth-order valence-corrected chi connectivity index (χ4v) is 2.88. The summed E-state index contributed by atoms with van der Waals surface area (Å²) in [5, 5.41) is 15.4. The molecular formula is C14H16Cl2N2O3. The van der Waals surface area contributed by atoms with E-state index in [-0.39, 0.29) is 6.04 Å². The van der Waals surface area contributed by atoms with Crippen molar-refractivity contribution in [1.82, 2.24) is 10.6 Å². The number of carboxylic acids is 1. The van der Waals surface area contributed by atoms with Gasteiger partial charge in [-0.25, -0.2) is 9.59 Å². The minimum Gasteiger partial charge on any atom is -0.480 e. The van der Waals surface area contributed by atoms with Gasteiger partial charge in [0.2, 0.25) is 0 Å². The summed E-state index contributed by atoms with van der Waals surface area (Å²) in [5.74, 6) is -0.999. The van der Waals surface area contributed by atoms with Crippen molar-refractivity contribution < 1.29 is 14.7 Å². The number of carboxylic acid groups (broad SMARTS) is 1. The zero-order valence-corrected chi connectivity index (χ0v) is 13.0. The third-order valence-corrected chi connectivity index (χ3v) is 4.31. The van der Waals surface area contributed by atoms with Crippen molar-refractivity contribution in [1.29, 1.82) is 0 Å². The van der Waals surface area contributed by atoms with Crippen LogP contribution >= 0.6 is 23.2 Å². The van der Waals surface area contributed by atoms with Gasteiger partial charge < -0.3 is 15.7 Å². The largest absolute Gasteiger partial charge is 0.480 e. The average molecular weight is 331 g/mol. The molecule has 1 aliphatic carbocycles. The Hall–Kier alpha value is -1.46. The number of carbonyl (C=O) groups is 2. The van der Waals surface area contributed by atoms with E-state index >= 15 is 0 Å². The van der Waals surface area contributed by atoms with Crippen LogP contribution in [0.5, 0.6) is 0 Å². The first-order valence-electron chi connectivity index (χ1n) is 6.61. The zero-order chi connectivity index (χ0) is 15.6. The molecule has 21 heavy (non-hydrogen) atoms. The number of halogens is 2. The lowest BCUT2D eigenvalue weighted by molar-refractivity contribution is -0.148. The SMILES string of the molecule is CC(NC(=O)NC1(C(=O)O)CCC1)c1ccc(Cl)cc1Cl. The van der Waals surface area contributed by atoms with Crippen LogP contribution < -0.4 is 10.6 Å². The van der Waals surface area contributed by atoms with E-state index in [4.69, 9.17) is 23.2 Å². The first-order valence-corrected chi connectivity index (χ1v) is 7.37. The van der Waals surface area contributed by atoms with E-state index in [2.05, 4.69) is 10.6 Å². The highest BCUT2D eigenvalue weighted by Crippen LogP contribution is 2.32. The normalized spacial score (nSPS) is 17.5. The van der Waals surface area contributed by atoms with Crippen molar-refractivity contribution in [3.63, 3.8) is 0 Å². The van der Waals surface area contributed by atoms with E-state index in [1.54, 1.807) is 25.1 Å². The summed E-state index contributed by atoms with van der Waals surface area (Å²) in [4.78, 5) is 23.2. The molecule has 1 unspecified atom stereocenters. The highest BCUT2D eigenvalue weighted by atomic mass is 35.5. The first kappa shape index (κ1) is 15.9. The molecule has 1 aliphatic rings. The lowest BCUT2D eigenvalue weighted by atomic mass is 9.77. The molecule has 1 aromatic rings. The van der Waals surface area contributed by atoms with E-state index in [0.29, 0.717) is 28.5 Å². The van der Waals surface area contributed by atoms with Crippen molar-refractivity contribution in [2.24, 2.45) is 0 Å². The maximum Gasteiger partial charge on any atom is 0.329 e. The molecule has 0 bridgehead atoms. The number of carbonyl (C=O) groups excluding carboxylic acids is 1. The second kappa shape index (κ2) is 6.12. The zero-order valence-electron chi connectivity index (χ0n) is 11.5. The van der Waals surface area contributed by atoms with E-state index in [9.17, 15) is 14.7 Å². The van der Waals surface area contributed by atoms with Gasteiger partial charge in [0.05, 0.1) is 6.04 Å². The molecule has 0 aliphatic heterocycles. The Morgan fingerprint density at radius 1 is 1.33 bits per heavy atom. The molecule has 0 saturated heterocycles. The molecule has 2 amide bonds. The number of urea groups is 1. The summed E-state index contributed by atoms with van der Waals surface area (Å²) >= 11 is 11.9. The van der Waals surface area contributed by atoms with Crippen molar-refractivity contribution in [2.75, 3.05) is 0 Å². The Morgan fingerprint density at radius 2 is 2.00 bits per heavy atom. The summed E-state index contributed by atoms with van der Waals surface area (Å²) in [6.45, 7) is 1.77. The molecule has 1 fully saturated rings. The van der Waals surface area contributed by atoms with Crippen LogP contribution in [0, 0.1) is 0 Å². The number of nitrogens with one attached hydrogen (secondary N) is 2. The molecule has 3 N–H and O–H groups in total. The van der Waals surface area contributed by atoms with E-state index in [1.807, 2.05) is 0 Å². The van der Waals surface area contributed by atoms with Crippen LogP contribution in [0.2, 0.25) is 10.0 Å². The summed E-state index contributed by atoms with van der Waals surface area (Å²) in [5.41, 5.74) is -0.415. The molecule has 2 rings (SSSR count). The second-order valence-electron chi connectivity index (χ2n) is 5.23. The Bertz CT molecular complexity index is 573. The maximum atomic E-state index is 12.0. The summed E-state index contributed by atoms with van der Waals surface area (Å²) in [6.07, 6.45) is 1.70. The molecule has 1 atom stereocenters. The van der Waals surface area contributed by atoms with Gasteiger partial charge in [-0.3, -0.25) is 0 Å². The van der Waals surface area contributed by atoms with Crippen LogP contribution in [0.15, 0.2) is 18.2 Å². The van der Waals surface area contributed by atoms with Crippen LogP contribution in [0.1, 0.15) is 37.8 Å². The number of benzene rings is 1. The van der Waals surface area contributed by atoms with Crippen molar-refractivity contribution in [2.45, 2.75) is 37.8 Å². The number of hydrogen-bond donors (Lipinski definition) is 3. The molecule has 1 saturated carbocycles. The van der Waals surface area contributed by atoms with Crippen LogP contribution in [0.4, 0.5) is 4.79 Å². The molecule has 0 heterocycles. The van der Waals surface area contributed by atoms with Gasteiger partial charge in [0, 0.05) is 10.0 Å². The van der Waals surface area contributed by atoms with Crippen molar-refractivity contribution in [3.8, 4) is 0 Å². The minimum atomic E-state index is -1.13. The Kier molecular flexibility index (Phi) is 4.64. The van der Waals surface area contributed by atoms with Crippen molar-refractivity contribution >= 4 is 35.2 Å². The second-order valence-corrected chi connectivity index (χ2v) is 6.07. The highest BCUT2D eigenvalue weighted by molar-refractivity contribution is 6.35. The lowest BCUT2D eigenvalue weighted by Crippen LogP contribution is -2.61. The van der Waals surface area contributed by atoms with Gasteiger partial charge in [-0.15, -0.1) is 0 Å². The lowest BCUT2D eigenvalue weighted by Gasteiger charge is -2.38. The molecular weight excluding hydrogens is 315 g/mol. The van der Waals surface area contributed by atoms with Gasteiger partial charge in [-0.2, -0.15) is 0 Å². The monoisotopic (exact) mass is 330 g/mol. The molecule has 0 radical (unpaired) electrons. The Balaban J connectivity index is 2.00. The summed E-state index contributed by atoms with van der Waals surface area (Å²) in [7, 11) is 0. The fraction of sp³-hybridized carbons (Fsp3) is 0.429. The smallest absolute Gasteiger partial charge is 0.329 e. The number of rotatable bonds is 4. The Morgan fingerprint density at radius 3 is 2.48 bits per heavy atom. The van der Waals surface area contributed by atoms with Gasteiger partial charge in [0.15, 0.2) is 0 Å². The molecule has 1 aromatic carbocycles. The third kappa shape index (κ3) is 3.41. The van der Waals surface area contributed by atoms with Gasteiger partial charge in [0.1, 0.15) is 5.54 Å². The Labute approximate surface area is 132 Å². The summed E-state index contributed by atoms with van der Waals surface area (Å²) in [6, 6.07) is 4.13. The van der Waals surface area contributed by atoms with Crippen LogP contribution in [0.25, 0.3) is 0 Å². The number of hydrogen-bond acceptors (Lipinski definition) is 2. The first-order chi connectivity index (χ1) is 9.84. The third-order valence-electron chi connectivity index (χ3n) is 3.75. The molecule has 0 spiro atoms. The van der Waals surface area contributed by atoms with Crippen LogP contribution in [0.3, 0.4) is 0 Å². The maximum absolute atomic E-state index is 12.0. The quantitative estimate of drug-likeness (QED) is 0.792. The summed E-state index contributed by atoms with van der Waals surface area (Å²) < 4.78 is 0. The van der Waals surface area contributed by atoms with Gasteiger partial charge >= 0.3 is 12.0 Å².